The second kappa shape index (κ2) is 16.7. The van der Waals surface area contributed by atoms with Gasteiger partial charge in [-0.1, -0.05) is 200 Å². The van der Waals surface area contributed by atoms with Gasteiger partial charge in [-0.15, -0.1) is 0 Å². The predicted octanol–water partition coefficient (Wildman–Crippen LogP) is 18.4. The van der Waals surface area contributed by atoms with Gasteiger partial charge in [0, 0.05) is 33.2 Å². The predicted molar refractivity (Wildman–Crippen MR) is 299 cm³/mol. The minimum absolute atomic E-state index is 0.260. The van der Waals surface area contributed by atoms with E-state index < -0.39 is 5.41 Å². The molecular weight excluding hydrogens is 876 g/mol. The van der Waals surface area contributed by atoms with Crippen LogP contribution in [0.4, 0.5) is 21.5 Å². The van der Waals surface area contributed by atoms with E-state index in [1.807, 2.05) is 12.1 Å². The molecule has 0 unspecified atom stereocenters. The summed E-state index contributed by atoms with van der Waals surface area (Å²) in [6.45, 7) is 0. The Labute approximate surface area is 417 Å². The number of hydrogen-bond acceptors (Lipinski definition) is 1. The smallest absolute Gasteiger partial charge is 0.123 e. The average molecular weight is 921 g/mol. The van der Waals surface area contributed by atoms with Crippen LogP contribution < -0.4 is 4.90 Å². The standard InChI is InChI=1S/C69H45FN2/c70-53-34-38-55(39-35-53)71(68-44-50-15-7-8-20-57(50)58-21-9-10-23-61(58)68)54-36-31-47(32-37-54)46-27-29-48(30-28-46)49-33-42-67-63(43-49)62-24-12-14-26-66(62)72(67)56-40-41-60-59-22-11-13-25-64(59)69(65(60)45-56,51-16-3-1-4-17-51)52-18-5-2-6-19-52/h1-45H. The molecule has 14 rings (SSSR count). The van der Waals surface area contributed by atoms with Crippen molar-refractivity contribution in [2.24, 2.45) is 0 Å². The lowest BCUT2D eigenvalue weighted by Gasteiger charge is -2.34. The van der Waals surface area contributed by atoms with Gasteiger partial charge < -0.3 is 9.47 Å². The van der Waals surface area contributed by atoms with Crippen molar-refractivity contribution in [1.29, 1.82) is 0 Å². The molecule has 1 heterocycles. The van der Waals surface area contributed by atoms with E-state index in [4.69, 9.17) is 0 Å². The quantitative estimate of drug-likeness (QED) is 0.138. The van der Waals surface area contributed by atoms with E-state index >= 15 is 0 Å². The number of hydrogen-bond donors (Lipinski definition) is 0. The zero-order valence-corrected chi connectivity index (χ0v) is 39.3. The number of nitrogens with zero attached hydrogens (tertiary/aromatic N) is 2. The second-order valence-corrected chi connectivity index (χ2v) is 18.9. The molecule has 338 valence electrons. The van der Waals surface area contributed by atoms with Crippen molar-refractivity contribution in [3.05, 3.63) is 301 Å². The number of halogens is 1. The Balaban J connectivity index is 0.829. The van der Waals surface area contributed by atoms with Gasteiger partial charge in [0.1, 0.15) is 5.82 Å². The summed E-state index contributed by atoms with van der Waals surface area (Å²) in [7, 11) is 0. The fourth-order valence-corrected chi connectivity index (χ4v) is 11.9. The maximum atomic E-state index is 14.4. The first-order valence-corrected chi connectivity index (χ1v) is 24.7. The zero-order chi connectivity index (χ0) is 47.8. The van der Waals surface area contributed by atoms with E-state index in [0.717, 1.165) is 50.2 Å². The summed E-state index contributed by atoms with van der Waals surface area (Å²) in [6.07, 6.45) is 0. The molecule has 0 saturated carbocycles. The summed E-state index contributed by atoms with van der Waals surface area (Å²) in [6, 6.07) is 97.5. The van der Waals surface area contributed by atoms with E-state index in [-0.39, 0.29) is 5.82 Å². The number of benzene rings is 12. The summed E-state index contributed by atoms with van der Waals surface area (Å²) >= 11 is 0. The van der Waals surface area contributed by atoms with E-state index in [9.17, 15) is 4.39 Å². The Kier molecular flexibility index (Phi) is 9.65. The van der Waals surface area contributed by atoms with Crippen molar-refractivity contribution < 1.29 is 4.39 Å². The van der Waals surface area contributed by atoms with E-state index in [0.29, 0.717) is 0 Å². The van der Waals surface area contributed by atoms with Gasteiger partial charge in [-0.05, 0) is 145 Å². The second-order valence-electron chi connectivity index (χ2n) is 18.9. The van der Waals surface area contributed by atoms with Crippen molar-refractivity contribution in [2.75, 3.05) is 4.90 Å². The molecule has 12 aromatic carbocycles. The van der Waals surface area contributed by atoms with Crippen LogP contribution in [0.25, 0.3) is 82.4 Å². The van der Waals surface area contributed by atoms with Crippen molar-refractivity contribution in [3.63, 3.8) is 0 Å². The topological polar surface area (TPSA) is 8.17 Å². The van der Waals surface area contributed by atoms with Gasteiger partial charge in [0.05, 0.1) is 22.1 Å². The molecule has 0 amide bonds. The first-order valence-electron chi connectivity index (χ1n) is 24.7. The third kappa shape index (κ3) is 6.48. The van der Waals surface area contributed by atoms with Gasteiger partial charge in [0.25, 0.3) is 0 Å². The molecule has 1 aliphatic carbocycles. The van der Waals surface area contributed by atoms with Crippen LogP contribution in [-0.2, 0) is 5.41 Å². The molecule has 0 bridgehead atoms. The molecule has 13 aromatic rings. The fraction of sp³-hybridized carbons (Fsp3) is 0.0145. The highest BCUT2D eigenvalue weighted by Gasteiger charge is 2.46. The van der Waals surface area contributed by atoms with Gasteiger partial charge >= 0.3 is 0 Å². The Hall–Kier alpha value is -9.31. The normalized spacial score (nSPS) is 12.6. The highest BCUT2D eigenvalue weighted by molar-refractivity contribution is 6.15. The van der Waals surface area contributed by atoms with Crippen LogP contribution >= 0.6 is 0 Å². The van der Waals surface area contributed by atoms with Gasteiger partial charge in [-0.3, -0.25) is 0 Å². The van der Waals surface area contributed by atoms with Crippen molar-refractivity contribution in [1.82, 2.24) is 4.57 Å². The number of aromatic nitrogens is 1. The van der Waals surface area contributed by atoms with Crippen molar-refractivity contribution >= 4 is 60.4 Å². The molecule has 72 heavy (non-hydrogen) atoms. The molecule has 0 N–H and O–H groups in total. The first kappa shape index (κ1) is 41.6. The maximum Gasteiger partial charge on any atom is 0.123 e. The van der Waals surface area contributed by atoms with Gasteiger partial charge in [0.15, 0.2) is 0 Å². The molecule has 3 heteroatoms. The SMILES string of the molecule is Fc1ccc(N(c2ccc(-c3ccc(-c4ccc5c(c4)c4ccccc4n5-c4ccc5c(c4)C(c4ccccc4)(c4ccccc4)c4ccccc4-5)cc3)cc2)c2cc3ccccc3c3ccccc23)cc1. The molecule has 2 nitrogen and oxygen atoms in total. The number of para-hydroxylation sites is 1. The van der Waals surface area contributed by atoms with Crippen LogP contribution in [0.5, 0.6) is 0 Å². The number of fused-ring (bicyclic) bond motifs is 9. The summed E-state index contributed by atoms with van der Waals surface area (Å²) in [5.41, 5.74) is 18.2. The van der Waals surface area contributed by atoms with Crippen LogP contribution in [0.1, 0.15) is 22.3 Å². The molecule has 0 spiro atoms. The number of rotatable bonds is 8. The van der Waals surface area contributed by atoms with Crippen LogP contribution in [0.15, 0.2) is 273 Å². The molecule has 1 aliphatic rings. The van der Waals surface area contributed by atoms with Gasteiger partial charge in [-0.25, -0.2) is 4.39 Å². The Morgan fingerprint density at radius 1 is 0.333 bits per heavy atom. The third-order valence-corrected chi connectivity index (χ3v) is 15.1. The summed E-state index contributed by atoms with van der Waals surface area (Å²) in [5, 5.41) is 7.11. The lowest BCUT2D eigenvalue weighted by atomic mass is 9.67. The molecular formula is C69H45FN2. The molecule has 0 saturated heterocycles. The number of anilines is 3. The Morgan fingerprint density at radius 3 is 1.56 bits per heavy atom. The van der Waals surface area contributed by atoms with E-state index in [2.05, 4.69) is 258 Å². The highest BCUT2D eigenvalue weighted by atomic mass is 19.1. The lowest BCUT2D eigenvalue weighted by molar-refractivity contribution is 0.628. The largest absolute Gasteiger partial charge is 0.310 e. The third-order valence-electron chi connectivity index (χ3n) is 15.1. The van der Waals surface area contributed by atoms with E-state index in [1.54, 1.807) is 0 Å². The minimum Gasteiger partial charge on any atom is -0.310 e. The first-order chi connectivity index (χ1) is 35.6. The molecule has 0 atom stereocenters. The van der Waals surface area contributed by atoms with Crippen molar-refractivity contribution in [3.8, 4) is 39.1 Å². The molecule has 1 aromatic heterocycles. The lowest BCUT2D eigenvalue weighted by Crippen LogP contribution is -2.28. The Bertz CT molecular complexity index is 4150. The van der Waals surface area contributed by atoms with Crippen molar-refractivity contribution in [2.45, 2.75) is 5.41 Å². The zero-order valence-electron chi connectivity index (χ0n) is 39.3. The van der Waals surface area contributed by atoms with Crippen LogP contribution in [0.2, 0.25) is 0 Å². The fourth-order valence-electron chi connectivity index (χ4n) is 11.9. The maximum absolute atomic E-state index is 14.4. The summed E-state index contributed by atoms with van der Waals surface area (Å²) in [4.78, 5) is 2.24. The van der Waals surface area contributed by atoms with Crippen LogP contribution in [0.3, 0.4) is 0 Å². The van der Waals surface area contributed by atoms with Crippen LogP contribution in [-0.4, -0.2) is 4.57 Å². The van der Waals surface area contributed by atoms with Gasteiger partial charge in [-0.2, -0.15) is 0 Å². The monoisotopic (exact) mass is 920 g/mol. The van der Waals surface area contributed by atoms with Crippen LogP contribution in [0, 0.1) is 5.82 Å². The minimum atomic E-state index is -0.484. The van der Waals surface area contributed by atoms with Gasteiger partial charge in [0.2, 0.25) is 0 Å². The molecule has 0 radical (unpaired) electrons. The molecule has 0 aliphatic heterocycles. The summed E-state index contributed by atoms with van der Waals surface area (Å²) in [5.74, 6) is -0.260. The summed E-state index contributed by atoms with van der Waals surface area (Å²) < 4.78 is 16.8. The molecule has 0 fully saturated rings. The van der Waals surface area contributed by atoms with E-state index in [1.165, 1.54) is 83.7 Å². The highest BCUT2D eigenvalue weighted by Crippen LogP contribution is 2.56. The average Bonchev–Trinajstić information content (AvgIpc) is 3.94. The Morgan fingerprint density at radius 2 is 0.847 bits per heavy atom.